The van der Waals surface area contributed by atoms with Crippen LogP contribution < -0.4 is 10.5 Å². The van der Waals surface area contributed by atoms with Crippen molar-refractivity contribution >= 4 is 32.9 Å². The fraction of sp³-hybridized carbons (Fsp3) is 0.0909. The Kier molecular flexibility index (Phi) is 3.82. The predicted octanol–water partition coefficient (Wildman–Crippen LogP) is 1.04. The maximum absolute atomic E-state index is 11.9. The Balaban J connectivity index is 2.14. The molecule has 0 aliphatic carbocycles. The molecular formula is C11H12N4O2S2. The van der Waals surface area contributed by atoms with Crippen molar-refractivity contribution in [2.24, 2.45) is 5.73 Å². The van der Waals surface area contributed by atoms with Crippen molar-refractivity contribution in [2.75, 3.05) is 4.72 Å². The third kappa shape index (κ3) is 3.52. The zero-order valence-corrected chi connectivity index (χ0v) is 11.5. The Hall–Kier alpha value is -1.93. The molecule has 2 aromatic rings. The molecular weight excluding hydrogens is 284 g/mol. The number of hydrogen-bond donors (Lipinski definition) is 3. The number of benzene rings is 1. The second-order valence-electron chi connectivity index (χ2n) is 3.87. The number of aromatic nitrogens is 2. The second kappa shape index (κ2) is 5.37. The Morgan fingerprint density at radius 3 is 2.53 bits per heavy atom. The van der Waals surface area contributed by atoms with Gasteiger partial charge in [0.1, 0.15) is 0 Å². The first-order valence-electron chi connectivity index (χ1n) is 5.37. The third-order valence-electron chi connectivity index (χ3n) is 2.35. The third-order valence-corrected chi connectivity index (χ3v) is 3.80. The van der Waals surface area contributed by atoms with Crippen LogP contribution in [0.3, 0.4) is 0 Å². The first kappa shape index (κ1) is 13.5. The van der Waals surface area contributed by atoms with Crippen LogP contribution >= 0.6 is 12.2 Å². The molecule has 0 amide bonds. The lowest BCUT2D eigenvalue weighted by molar-refractivity contribution is 0.597. The Morgan fingerprint density at radius 2 is 2.00 bits per heavy atom. The first-order chi connectivity index (χ1) is 8.97. The quantitative estimate of drug-likeness (QED) is 0.716. The number of nitrogens with one attached hydrogen (secondary N) is 2. The van der Waals surface area contributed by atoms with Gasteiger partial charge >= 0.3 is 0 Å². The monoisotopic (exact) mass is 296 g/mol. The van der Waals surface area contributed by atoms with Crippen molar-refractivity contribution in [1.29, 1.82) is 0 Å². The van der Waals surface area contributed by atoms with Gasteiger partial charge in [0.05, 0.1) is 11.2 Å². The van der Waals surface area contributed by atoms with Crippen LogP contribution in [0.25, 0.3) is 0 Å². The molecule has 100 valence electrons. The molecule has 0 atom stereocenters. The Bertz CT molecular complexity index is 663. The van der Waals surface area contributed by atoms with Crippen molar-refractivity contribution < 1.29 is 8.42 Å². The first-order valence-corrected chi connectivity index (χ1v) is 7.26. The van der Waals surface area contributed by atoms with Gasteiger partial charge in [0.2, 0.25) is 0 Å². The molecule has 8 heteroatoms. The van der Waals surface area contributed by atoms with E-state index in [4.69, 9.17) is 18.0 Å². The maximum atomic E-state index is 11.9. The fourth-order valence-corrected chi connectivity index (χ4v) is 2.63. The minimum Gasteiger partial charge on any atom is -0.393 e. The summed E-state index contributed by atoms with van der Waals surface area (Å²) >= 11 is 4.81. The fourth-order valence-electron chi connectivity index (χ4n) is 1.49. The molecule has 19 heavy (non-hydrogen) atoms. The molecule has 1 aromatic heterocycles. The Morgan fingerprint density at radius 1 is 1.32 bits per heavy atom. The van der Waals surface area contributed by atoms with Gasteiger partial charge in [-0.25, -0.2) is 0 Å². The summed E-state index contributed by atoms with van der Waals surface area (Å²) in [5.74, 6) is 0. The molecule has 0 saturated carbocycles. The summed E-state index contributed by atoms with van der Waals surface area (Å²) in [5.41, 5.74) is 6.82. The molecule has 0 fully saturated rings. The molecule has 6 nitrogen and oxygen atoms in total. The van der Waals surface area contributed by atoms with E-state index >= 15 is 0 Å². The number of nitrogens with zero attached hydrogens (tertiary/aromatic N) is 1. The highest BCUT2D eigenvalue weighted by Crippen LogP contribution is 2.15. The highest BCUT2D eigenvalue weighted by atomic mass is 32.2. The van der Waals surface area contributed by atoms with Gasteiger partial charge in [0.25, 0.3) is 10.0 Å². The van der Waals surface area contributed by atoms with E-state index in [1.807, 2.05) is 0 Å². The van der Waals surface area contributed by atoms with Crippen LogP contribution in [0, 0.1) is 0 Å². The highest BCUT2D eigenvalue weighted by molar-refractivity contribution is 7.92. The average Bonchev–Trinajstić information content (AvgIpc) is 2.85. The van der Waals surface area contributed by atoms with E-state index in [1.165, 1.54) is 12.3 Å². The largest absolute Gasteiger partial charge is 0.393 e. The van der Waals surface area contributed by atoms with Crippen LogP contribution in [0.5, 0.6) is 0 Å². The number of hydrogen-bond acceptors (Lipinski definition) is 4. The SMILES string of the molecule is NC(=S)Cc1ccc(NS(=O)(=O)c2ccn[nH]2)cc1. The molecule has 1 heterocycles. The van der Waals surface area contributed by atoms with Crippen molar-refractivity contribution in [2.45, 2.75) is 11.4 Å². The molecule has 0 aliphatic heterocycles. The summed E-state index contributed by atoms with van der Waals surface area (Å²) in [4.78, 5) is 0.394. The highest BCUT2D eigenvalue weighted by Gasteiger charge is 2.15. The minimum atomic E-state index is -3.62. The number of H-pyrrole nitrogens is 1. The summed E-state index contributed by atoms with van der Waals surface area (Å²) in [6.07, 6.45) is 1.86. The summed E-state index contributed by atoms with van der Waals surface area (Å²) in [6, 6.07) is 8.22. The minimum absolute atomic E-state index is 0.0136. The number of sulfonamides is 1. The van der Waals surface area contributed by atoms with E-state index in [0.29, 0.717) is 17.1 Å². The maximum Gasteiger partial charge on any atom is 0.278 e. The van der Waals surface area contributed by atoms with E-state index in [1.54, 1.807) is 24.3 Å². The molecule has 0 saturated heterocycles. The second-order valence-corrected chi connectivity index (χ2v) is 6.04. The molecule has 4 N–H and O–H groups in total. The molecule has 2 rings (SSSR count). The summed E-state index contributed by atoms with van der Waals surface area (Å²) in [7, 11) is -3.62. The average molecular weight is 296 g/mol. The van der Waals surface area contributed by atoms with E-state index < -0.39 is 10.0 Å². The number of aromatic amines is 1. The summed E-state index contributed by atoms with van der Waals surface area (Å²) < 4.78 is 26.2. The lowest BCUT2D eigenvalue weighted by Gasteiger charge is -2.07. The molecule has 0 radical (unpaired) electrons. The predicted molar refractivity (Wildman–Crippen MR) is 76.3 cm³/mol. The van der Waals surface area contributed by atoms with Gasteiger partial charge in [0, 0.05) is 12.1 Å². The van der Waals surface area contributed by atoms with Crippen LogP contribution in [0.2, 0.25) is 0 Å². The van der Waals surface area contributed by atoms with Gasteiger partial charge < -0.3 is 5.73 Å². The van der Waals surface area contributed by atoms with Gasteiger partial charge in [-0.1, -0.05) is 24.4 Å². The Labute approximate surface area is 116 Å². The lowest BCUT2D eigenvalue weighted by atomic mass is 10.1. The summed E-state index contributed by atoms with van der Waals surface area (Å²) in [6.45, 7) is 0. The van der Waals surface area contributed by atoms with Gasteiger partial charge in [-0.2, -0.15) is 13.5 Å². The van der Waals surface area contributed by atoms with Crippen molar-refractivity contribution in [3.05, 3.63) is 42.1 Å². The van der Waals surface area contributed by atoms with Gasteiger partial charge in [0.15, 0.2) is 5.03 Å². The molecule has 0 aliphatic rings. The summed E-state index contributed by atoms with van der Waals surface area (Å²) in [5, 5.41) is 6.02. The van der Waals surface area contributed by atoms with Crippen LogP contribution in [-0.2, 0) is 16.4 Å². The normalized spacial score (nSPS) is 11.2. The molecule has 0 bridgehead atoms. The molecule has 0 unspecified atom stereocenters. The van der Waals surface area contributed by atoms with Crippen molar-refractivity contribution in [3.8, 4) is 0 Å². The van der Waals surface area contributed by atoms with E-state index in [-0.39, 0.29) is 5.03 Å². The smallest absolute Gasteiger partial charge is 0.278 e. The number of nitrogens with two attached hydrogens (primary N) is 1. The van der Waals surface area contributed by atoms with Crippen LogP contribution in [0.1, 0.15) is 5.56 Å². The zero-order chi connectivity index (χ0) is 13.9. The number of anilines is 1. The zero-order valence-electron chi connectivity index (χ0n) is 9.83. The van der Waals surface area contributed by atoms with E-state index in [0.717, 1.165) is 5.56 Å². The molecule has 1 aromatic carbocycles. The standard InChI is InChI=1S/C11H12N4O2S2/c12-10(18)7-8-1-3-9(4-2-8)15-19(16,17)11-5-6-13-14-11/h1-6,15H,7H2,(H2,12,18)(H,13,14). The van der Waals surface area contributed by atoms with Gasteiger partial charge in [-0.3, -0.25) is 9.82 Å². The van der Waals surface area contributed by atoms with Gasteiger partial charge in [-0.15, -0.1) is 0 Å². The van der Waals surface area contributed by atoms with Crippen molar-refractivity contribution in [1.82, 2.24) is 10.2 Å². The number of rotatable bonds is 5. The topological polar surface area (TPSA) is 101 Å². The number of thiocarbonyl (C=S) groups is 1. The van der Waals surface area contributed by atoms with Crippen LogP contribution in [0.15, 0.2) is 41.6 Å². The van der Waals surface area contributed by atoms with Crippen molar-refractivity contribution in [3.63, 3.8) is 0 Å². The molecule has 0 spiro atoms. The van der Waals surface area contributed by atoms with E-state index in [2.05, 4.69) is 14.9 Å². The van der Waals surface area contributed by atoms with Crippen LogP contribution in [-0.4, -0.2) is 23.6 Å². The van der Waals surface area contributed by atoms with E-state index in [9.17, 15) is 8.42 Å². The van der Waals surface area contributed by atoms with Gasteiger partial charge in [-0.05, 0) is 23.8 Å². The van der Waals surface area contributed by atoms with Crippen LogP contribution in [0.4, 0.5) is 5.69 Å². The lowest BCUT2D eigenvalue weighted by Crippen LogP contribution is -2.14.